The van der Waals surface area contributed by atoms with Crippen LogP contribution < -0.4 is 19.5 Å². The molecule has 0 saturated carbocycles. The maximum atomic E-state index is 5.71. The summed E-state index contributed by atoms with van der Waals surface area (Å²) >= 11 is 8.82. The molecule has 0 spiro atoms. The van der Waals surface area contributed by atoms with Crippen LogP contribution in [0, 0.1) is 0 Å². The van der Waals surface area contributed by atoms with Crippen molar-refractivity contribution in [2.24, 2.45) is 0 Å². The molecule has 0 saturated heterocycles. The van der Waals surface area contributed by atoms with Crippen molar-refractivity contribution in [3.05, 3.63) is 52.5 Å². The summed E-state index contributed by atoms with van der Waals surface area (Å²) in [6.45, 7) is 2.17. The van der Waals surface area contributed by atoms with Crippen molar-refractivity contribution in [3.63, 3.8) is 0 Å². The molecule has 7 heteroatoms. The molecule has 1 aliphatic rings. The normalized spacial score (nSPS) is 11.9. The lowest BCUT2D eigenvalue weighted by atomic mass is 10.2. The lowest BCUT2D eigenvalue weighted by molar-refractivity contribution is 0.174. The molecule has 2 aromatic rings. The van der Waals surface area contributed by atoms with E-state index in [1.165, 1.54) is 0 Å². The first-order valence-electron chi connectivity index (χ1n) is 7.88. The fraction of sp³-hybridized carbons (Fsp3) is 0.278. The Morgan fingerprint density at radius 3 is 2.76 bits per heavy atom. The van der Waals surface area contributed by atoms with E-state index in [0.29, 0.717) is 24.8 Å². The average Bonchev–Trinajstić information content (AvgIpc) is 3.09. The first-order valence-corrected chi connectivity index (χ1v) is 9.08. The third kappa shape index (κ3) is 4.99. The Hall–Kier alpha value is -1.99. The van der Waals surface area contributed by atoms with E-state index < -0.39 is 0 Å². The standard InChI is InChI=1S/C18H19BrN2O3S/c1-21(8-9-22-15-5-3-14(19)4-6-15)18(25)20-11-13-2-7-16-17(10-13)24-12-23-16/h2-7,10H,8-9,11-12H2,1H3,(H,20,25). The summed E-state index contributed by atoms with van der Waals surface area (Å²) in [5.41, 5.74) is 1.09. The molecule has 3 rings (SSSR count). The van der Waals surface area contributed by atoms with Gasteiger partial charge in [-0.2, -0.15) is 0 Å². The van der Waals surface area contributed by atoms with Gasteiger partial charge in [0.15, 0.2) is 16.6 Å². The number of thiocarbonyl (C=S) groups is 1. The molecule has 1 N–H and O–H groups in total. The number of ether oxygens (including phenoxy) is 3. The Morgan fingerprint density at radius 1 is 1.20 bits per heavy atom. The van der Waals surface area contributed by atoms with Gasteiger partial charge in [0.05, 0.1) is 6.54 Å². The summed E-state index contributed by atoms with van der Waals surface area (Å²) in [5.74, 6) is 2.41. The number of halogens is 1. The van der Waals surface area contributed by atoms with Crippen LogP contribution in [0.2, 0.25) is 0 Å². The van der Waals surface area contributed by atoms with Gasteiger partial charge in [-0.15, -0.1) is 0 Å². The van der Waals surface area contributed by atoms with Gasteiger partial charge in [-0.05, 0) is 54.2 Å². The monoisotopic (exact) mass is 422 g/mol. The maximum absolute atomic E-state index is 5.71. The largest absolute Gasteiger partial charge is 0.492 e. The van der Waals surface area contributed by atoms with Gasteiger partial charge in [0.1, 0.15) is 12.4 Å². The fourth-order valence-corrected chi connectivity index (χ4v) is 2.72. The van der Waals surface area contributed by atoms with E-state index in [1.807, 2.05) is 54.4 Å². The molecule has 0 atom stereocenters. The second-order valence-corrected chi connectivity index (χ2v) is 6.87. The molecule has 0 aromatic heterocycles. The minimum atomic E-state index is 0.283. The number of nitrogens with one attached hydrogen (secondary N) is 1. The molecule has 132 valence electrons. The fourth-order valence-electron chi connectivity index (χ4n) is 2.30. The molecule has 0 amide bonds. The minimum absolute atomic E-state index is 0.283. The van der Waals surface area contributed by atoms with Gasteiger partial charge in [0.25, 0.3) is 0 Å². The molecule has 1 aliphatic heterocycles. The summed E-state index contributed by atoms with van der Waals surface area (Å²) in [5, 5.41) is 3.92. The number of hydrogen-bond acceptors (Lipinski definition) is 4. The molecule has 0 fully saturated rings. The van der Waals surface area contributed by atoms with Gasteiger partial charge in [-0.25, -0.2) is 0 Å². The van der Waals surface area contributed by atoms with E-state index in [1.54, 1.807) is 0 Å². The van der Waals surface area contributed by atoms with Crippen molar-refractivity contribution in [1.29, 1.82) is 0 Å². The van der Waals surface area contributed by atoms with E-state index >= 15 is 0 Å². The quantitative estimate of drug-likeness (QED) is 0.717. The summed E-state index contributed by atoms with van der Waals surface area (Å²) in [6, 6.07) is 13.7. The van der Waals surface area contributed by atoms with Crippen LogP contribution >= 0.6 is 28.1 Å². The molecular formula is C18H19BrN2O3S. The predicted molar refractivity (Wildman–Crippen MR) is 104 cm³/mol. The van der Waals surface area contributed by atoms with E-state index in [4.69, 9.17) is 26.4 Å². The zero-order chi connectivity index (χ0) is 17.6. The van der Waals surface area contributed by atoms with Gasteiger partial charge < -0.3 is 24.4 Å². The van der Waals surface area contributed by atoms with Crippen LogP contribution in [0.25, 0.3) is 0 Å². The summed E-state index contributed by atoms with van der Waals surface area (Å²) in [7, 11) is 1.94. The van der Waals surface area contributed by atoms with E-state index in [-0.39, 0.29) is 6.79 Å². The van der Waals surface area contributed by atoms with Crippen molar-refractivity contribution in [2.75, 3.05) is 27.0 Å². The lowest BCUT2D eigenvalue weighted by Gasteiger charge is -2.21. The van der Waals surface area contributed by atoms with Crippen molar-refractivity contribution < 1.29 is 14.2 Å². The van der Waals surface area contributed by atoms with Crippen LogP contribution in [0.3, 0.4) is 0 Å². The second-order valence-electron chi connectivity index (χ2n) is 5.57. The molecule has 5 nitrogen and oxygen atoms in total. The van der Waals surface area contributed by atoms with E-state index in [9.17, 15) is 0 Å². The van der Waals surface area contributed by atoms with Gasteiger partial charge in [-0.1, -0.05) is 22.0 Å². The maximum Gasteiger partial charge on any atom is 0.231 e. The number of nitrogens with zero attached hydrogens (tertiary/aromatic N) is 1. The Kier molecular flexibility index (Phi) is 5.99. The van der Waals surface area contributed by atoms with Crippen molar-refractivity contribution >= 4 is 33.3 Å². The molecule has 0 unspecified atom stereocenters. The topological polar surface area (TPSA) is 43.0 Å². The Balaban J connectivity index is 1.40. The Morgan fingerprint density at radius 2 is 1.96 bits per heavy atom. The lowest BCUT2D eigenvalue weighted by Crippen LogP contribution is -2.38. The summed E-state index contributed by atoms with van der Waals surface area (Å²) < 4.78 is 17.4. The highest BCUT2D eigenvalue weighted by Crippen LogP contribution is 2.32. The number of fused-ring (bicyclic) bond motifs is 1. The van der Waals surface area contributed by atoms with Gasteiger partial charge in [0.2, 0.25) is 6.79 Å². The second kappa shape index (κ2) is 8.40. The van der Waals surface area contributed by atoms with Crippen LogP contribution in [0.4, 0.5) is 0 Å². The molecule has 25 heavy (non-hydrogen) atoms. The van der Waals surface area contributed by atoms with Gasteiger partial charge >= 0.3 is 0 Å². The number of rotatable bonds is 6. The third-order valence-corrected chi connectivity index (χ3v) is 4.72. The summed E-state index contributed by atoms with van der Waals surface area (Å²) in [6.07, 6.45) is 0. The first kappa shape index (κ1) is 17.8. The third-order valence-electron chi connectivity index (χ3n) is 3.74. The average molecular weight is 423 g/mol. The number of benzene rings is 2. The Labute approximate surface area is 161 Å². The van der Waals surface area contributed by atoms with Crippen LogP contribution in [-0.4, -0.2) is 37.0 Å². The first-order chi connectivity index (χ1) is 12.1. The molecular weight excluding hydrogens is 404 g/mol. The molecule has 0 aliphatic carbocycles. The smallest absolute Gasteiger partial charge is 0.231 e. The SMILES string of the molecule is CN(CCOc1ccc(Br)cc1)C(=S)NCc1ccc2c(c1)OCO2. The van der Waals surface area contributed by atoms with Crippen molar-refractivity contribution in [2.45, 2.75) is 6.54 Å². The minimum Gasteiger partial charge on any atom is -0.492 e. The number of hydrogen-bond donors (Lipinski definition) is 1. The highest BCUT2D eigenvalue weighted by Gasteiger charge is 2.13. The molecule has 0 bridgehead atoms. The molecule has 1 heterocycles. The van der Waals surface area contributed by atoms with Crippen LogP contribution in [0.1, 0.15) is 5.56 Å². The summed E-state index contributed by atoms with van der Waals surface area (Å²) in [4.78, 5) is 1.96. The molecule has 0 radical (unpaired) electrons. The zero-order valence-electron chi connectivity index (χ0n) is 13.8. The van der Waals surface area contributed by atoms with Gasteiger partial charge in [-0.3, -0.25) is 0 Å². The Bertz CT molecular complexity index is 740. The predicted octanol–water partition coefficient (Wildman–Crippen LogP) is 3.56. The van der Waals surface area contributed by atoms with Gasteiger partial charge in [0, 0.05) is 18.1 Å². The van der Waals surface area contributed by atoms with Crippen LogP contribution in [-0.2, 0) is 6.54 Å². The van der Waals surface area contributed by atoms with Crippen LogP contribution in [0.5, 0.6) is 17.2 Å². The number of likely N-dealkylation sites (N-methyl/N-ethyl adjacent to an activating group) is 1. The van der Waals surface area contributed by atoms with Crippen molar-refractivity contribution in [1.82, 2.24) is 10.2 Å². The van der Waals surface area contributed by atoms with Crippen LogP contribution in [0.15, 0.2) is 46.9 Å². The highest BCUT2D eigenvalue weighted by atomic mass is 79.9. The molecule has 2 aromatic carbocycles. The van der Waals surface area contributed by atoms with E-state index in [0.717, 1.165) is 27.3 Å². The van der Waals surface area contributed by atoms with Crippen molar-refractivity contribution in [3.8, 4) is 17.2 Å². The zero-order valence-corrected chi connectivity index (χ0v) is 16.2. The van der Waals surface area contributed by atoms with E-state index in [2.05, 4.69) is 21.2 Å². The highest BCUT2D eigenvalue weighted by molar-refractivity contribution is 9.10.